The van der Waals surface area contributed by atoms with E-state index in [-0.39, 0.29) is 0 Å². The highest BCUT2D eigenvalue weighted by atomic mass is 16.6. The Bertz CT molecular complexity index is 191. The first-order chi connectivity index (χ1) is 10.2. The summed E-state index contributed by atoms with van der Waals surface area (Å²) in [4.78, 5) is 8.56. The van der Waals surface area contributed by atoms with Crippen LogP contribution in [-0.4, -0.2) is 41.5 Å². The molecule has 0 saturated carbocycles. The molecule has 0 atom stereocenters. The van der Waals surface area contributed by atoms with E-state index in [4.69, 9.17) is 15.0 Å². The Balaban J connectivity index is -0.000000266. The molecule has 0 saturated heterocycles. The molecule has 0 heterocycles. The molecule has 136 valence electrons. The summed E-state index contributed by atoms with van der Waals surface area (Å²) in [6.45, 7) is 13.4. The highest BCUT2D eigenvalue weighted by Crippen LogP contribution is 2.18. The molecule has 0 bridgehead atoms. The third kappa shape index (κ3) is 11.8. The Morgan fingerprint density at radius 2 is 0.818 bits per heavy atom. The van der Waals surface area contributed by atoms with E-state index in [2.05, 4.69) is 66.3 Å². The van der Waals surface area contributed by atoms with Crippen LogP contribution in [0.5, 0.6) is 0 Å². The molecule has 0 amide bonds. The van der Waals surface area contributed by atoms with Gasteiger partial charge in [-0.2, -0.15) is 0 Å². The van der Waals surface area contributed by atoms with Gasteiger partial charge in [-0.3, -0.25) is 0 Å². The largest absolute Gasteiger partial charge is 0.503 e. The lowest BCUT2D eigenvalue weighted by Gasteiger charge is -2.29. The van der Waals surface area contributed by atoms with Crippen LogP contribution in [0, 0.1) is 0 Å². The average Bonchev–Trinajstić information content (AvgIpc) is 2.53. The van der Waals surface area contributed by atoms with E-state index in [1.807, 2.05) is 0 Å². The van der Waals surface area contributed by atoms with Gasteiger partial charge in [0.1, 0.15) is 0 Å². The van der Waals surface area contributed by atoms with Gasteiger partial charge in [0.2, 0.25) is 0 Å². The highest BCUT2D eigenvalue weighted by molar-refractivity contribution is 5.53. The van der Waals surface area contributed by atoms with Crippen molar-refractivity contribution in [3.8, 4) is 0 Å². The zero-order valence-electron chi connectivity index (χ0n) is 16.0. The Labute approximate surface area is 137 Å². The minimum atomic E-state index is -1.83. The van der Waals surface area contributed by atoms with E-state index in [1.54, 1.807) is 0 Å². The monoisotopic (exact) mass is 320 g/mol. The van der Waals surface area contributed by atoms with Crippen molar-refractivity contribution in [1.82, 2.24) is 10.6 Å². The van der Waals surface area contributed by atoms with E-state index < -0.39 is 6.16 Å². The maximum absolute atomic E-state index is 8.56. The number of carbonyl (C=O) groups is 1. The molecule has 5 nitrogen and oxygen atoms in total. The predicted molar refractivity (Wildman–Crippen MR) is 96.0 cm³/mol. The van der Waals surface area contributed by atoms with Crippen LogP contribution in [0.1, 0.15) is 80.1 Å². The maximum atomic E-state index is 8.56. The van der Waals surface area contributed by atoms with Gasteiger partial charge in [0.05, 0.1) is 0 Å². The van der Waals surface area contributed by atoms with Crippen LogP contribution in [0.2, 0.25) is 0 Å². The molecule has 22 heavy (non-hydrogen) atoms. The molecule has 0 aromatic rings. The minimum absolute atomic E-state index is 0.417. The van der Waals surface area contributed by atoms with Crippen LogP contribution in [-0.2, 0) is 0 Å². The van der Waals surface area contributed by atoms with Gasteiger partial charge in [-0.15, -0.1) is 0 Å². The van der Waals surface area contributed by atoms with E-state index in [0.29, 0.717) is 11.1 Å². The van der Waals surface area contributed by atoms with Gasteiger partial charge in [0, 0.05) is 11.1 Å². The Morgan fingerprint density at radius 3 is 0.818 bits per heavy atom. The quantitative estimate of drug-likeness (QED) is 0.526. The van der Waals surface area contributed by atoms with Crippen LogP contribution in [0.4, 0.5) is 4.79 Å². The SMILES string of the molecule is CCC(CC)(CC)NC.CCC(CC)(CC)NC.O=C(O)O. The fourth-order valence-corrected chi connectivity index (χ4v) is 2.56. The van der Waals surface area contributed by atoms with Crippen LogP contribution in [0.25, 0.3) is 0 Å². The van der Waals surface area contributed by atoms with Crippen molar-refractivity contribution < 1.29 is 15.0 Å². The second-order valence-corrected chi connectivity index (χ2v) is 5.46. The zero-order valence-corrected chi connectivity index (χ0v) is 16.0. The lowest BCUT2D eigenvalue weighted by Crippen LogP contribution is -2.40. The molecule has 0 rings (SSSR count). The van der Waals surface area contributed by atoms with Gasteiger partial charge < -0.3 is 20.8 Å². The predicted octanol–water partition coefficient (Wildman–Crippen LogP) is 4.57. The molecule has 0 radical (unpaired) electrons. The fourth-order valence-electron chi connectivity index (χ4n) is 2.56. The molecule has 0 fully saturated rings. The average molecular weight is 321 g/mol. The van der Waals surface area contributed by atoms with Crippen LogP contribution < -0.4 is 10.6 Å². The summed E-state index contributed by atoms with van der Waals surface area (Å²) in [7, 11) is 4.10. The summed E-state index contributed by atoms with van der Waals surface area (Å²) < 4.78 is 0. The number of nitrogens with one attached hydrogen (secondary N) is 2. The summed E-state index contributed by atoms with van der Waals surface area (Å²) in [5.74, 6) is 0. The summed E-state index contributed by atoms with van der Waals surface area (Å²) in [5, 5.41) is 20.7. The first kappa shape index (κ1) is 26.1. The Hall–Kier alpha value is -0.810. The lowest BCUT2D eigenvalue weighted by atomic mass is 9.90. The van der Waals surface area contributed by atoms with Gasteiger partial charge in [-0.25, -0.2) is 4.79 Å². The second kappa shape index (κ2) is 15.1. The van der Waals surface area contributed by atoms with Gasteiger partial charge in [0.25, 0.3) is 0 Å². The highest BCUT2D eigenvalue weighted by Gasteiger charge is 2.20. The van der Waals surface area contributed by atoms with Crippen molar-refractivity contribution >= 4 is 6.16 Å². The van der Waals surface area contributed by atoms with Crippen LogP contribution in [0.15, 0.2) is 0 Å². The standard InChI is InChI=1S/2C8H19N.CH2O3/c2*1-5-8(6-2,7-3)9-4;2-1(3)4/h2*9H,5-7H2,1-4H3;(H2,2,3,4). The summed E-state index contributed by atoms with van der Waals surface area (Å²) in [6, 6.07) is 0. The lowest BCUT2D eigenvalue weighted by molar-refractivity contribution is 0.137. The van der Waals surface area contributed by atoms with E-state index in [9.17, 15) is 0 Å². The third-order valence-corrected chi connectivity index (χ3v) is 5.12. The first-order valence-corrected chi connectivity index (χ1v) is 8.52. The van der Waals surface area contributed by atoms with Crippen molar-refractivity contribution in [1.29, 1.82) is 0 Å². The van der Waals surface area contributed by atoms with Crippen molar-refractivity contribution in [3.63, 3.8) is 0 Å². The van der Waals surface area contributed by atoms with E-state index >= 15 is 0 Å². The maximum Gasteiger partial charge on any atom is 0.503 e. The molecular weight excluding hydrogens is 280 g/mol. The molecule has 0 aliphatic rings. The van der Waals surface area contributed by atoms with Crippen molar-refractivity contribution in [2.24, 2.45) is 0 Å². The van der Waals surface area contributed by atoms with Crippen LogP contribution in [0.3, 0.4) is 0 Å². The Morgan fingerprint density at radius 1 is 0.682 bits per heavy atom. The summed E-state index contributed by atoms with van der Waals surface area (Å²) in [6.07, 6.45) is 5.56. The van der Waals surface area contributed by atoms with E-state index in [0.717, 1.165) is 0 Å². The minimum Gasteiger partial charge on any atom is -0.450 e. The summed E-state index contributed by atoms with van der Waals surface area (Å²) in [5.41, 5.74) is 0.833. The third-order valence-electron chi connectivity index (χ3n) is 5.12. The van der Waals surface area contributed by atoms with E-state index in [1.165, 1.54) is 38.5 Å². The normalized spacial score (nSPS) is 10.9. The number of rotatable bonds is 8. The van der Waals surface area contributed by atoms with Gasteiger partial charge in [-0.05, 0) is 52.6 Å². The number of hydrogen-bond donors (Lipinski definition) is 4. The fraction of sp³-hybridized carbons (Fsp3) is 0.941. The van der Waals surface area contributed by atoms with Crippen molar-refractivity contribution in [2.75, 3.05) is 14.1 Å². The molecule has 0 aromatic carbocycles. The first-order valence-electron chi connectivity index (χ1n) is 8.52. The van der Waals surface area contributed by atoms with Gasteiger partial charge in [0.15, 0.2) is 0 Å². The molecule has 0 aliphatic carbocycles. The molecule has 0 aromatic heterocycles. The molecule has 0 spiro atoms. The Kier molecular flexibility index (Phi) is 17.9. The van der Waals surface area contributed by atoms with Gasteiger partial charge >= 0.3 is 6.16 Å². The number of hydrogen-bond acceptors (Lipinski definition) is 3. The molecule has 0 unspecified atom stereocenters. The summed E-state index contributed by atoms with van der Waals surface area (Å²) >= 11 is 0. The topological polar surface area (TPSA) is 81.6 Å². The van der Waals surface area contributed by atoms with Gasteiger partial charge in [-0.1, -0.05) is 41.5 Å². The smallest absolute Gasteiger partial charge is 0.450 e. The molecule has 5 heteroatoms. The van der Waals surface area contributed by atoms with Crippen molar-refractivity contribution in [3.05, 3.63) is 0 Å². The van der Waals surface area contributed by atoms with Crippen molar-refractivity contribution in [2.45, 2.75) is 91.1 Å². The molecule has 4 N–H and O–H groups in total. The molecular formula is C17H40N2O3. The second-order valence-electron chi connectivity index (χ2n) is 5.46. The van der Waals surface area contributed by atoms with Crippen LogP contribution >= 0.6 is 0 Å². The zero-order chi connectivity index (χ0) is 18.2. The number of carboxylic acid groups (broad SMARTS) is 2. The molecule has 0 aliphatic heterocycles.